The van der Waals surface area contributed by atoms with Crippen LogP contribution in [0.3, 0.4) is 0 Å². The van der Waals surface area contributed by atoms with Gasteiger partial charge in [-0.3, -0.25) is 0 Å². The van der Waals surface area contributed by atoms with Gasteiger partial charge in [-0.2, -0.15) is 0 Å². The molecule has 1 N–H and O–H groups in total. The van der Waals surface area contributed by atoms with Crippen molar-refractivity contribution < 1.29 is 17.6 Å². The SMILES string of the molecule is CS(=O)(=O)c1ccc(CCN2Cc3cc(C#CCc4ccc(F)cc4)ccc3NC2=O)cc1. The minimum absolute atomic E-state index is 0.162. The minimum atomic E-state index is -3.23. The molecule has 33 heavy (non-hydrogen) atoms. The zero-order valence-electron chi connectivity index (χ0n) is 18.1. The predicted molar refractivity (Wildman–Crippen MR) is 126 cm³/mol. The molecule has 0 aromatic heterocycles. The number of hydrogen-bond donors (Lipinski definition) is 1. The Hall–Kier alpha value is -3.63. The number of hydrogen-bond acceptors (Lipinski definition) is 3. The summed E-state index contributed by atoms with van der Waals surface area (Å²) in [6, 6.07) is 18.6. The number of carbonyl (C=O) groups is 1. The zero-order chi connectivity index (χ0) is 23.4. The second-order valence-electron chi connectivity index (χ2n) is 7.99. The fourth-order valence-corrected chi connectivity index (χ4v) is 4.22. The van der Waals surface area contributed by atoms with Gasteiger partial charge in [-0.1, -0.05) is 36.1 Å². The van der Waals surface area contributed by atoms with Crippen molar-refractivity contribution in [1.29, 1.82) is 0 Å². The Morgan fingerprint density at radius 2 is 1.70 bits per heavy atom. The number of fused-ring (bicyclic) bond motifs is 1. The maximum atomic E-state index is 13.0. The summed E-state index contributed by atoms with van der Waals surface area (Å²) in [5, 5.41) is 2.91. The van der Waals surface area contributed by atoms with Crippen LogP contribution in [0.1, 0.15) is 22.3 Å². The van der Waals surface area contributed by atoms with Gasteiger partial charge in [0.15, 0.2) is 9.84 Å². The first-order valence-corrected chi connectivity index (χ1v) is 12.4. The van der Waals surface area contributed by atoms with E-state index in [1.165, 1.54) is 18.4 Å². The van der Waals surface area contributed by atoms with Gasteiger partial charge in [0.2, 0.25) is 0 Å². The summed E-state index contributed by atoms with van der Waals surface area (Å²) >= 11 is 0. The highest BCUT2D eigenvalue weighted by molar-refractivity contribution is 7.90. The third-order valence-electron chi connectivity index (χ3n) is 5.46. The smallest absolute Gasteiger partial charge is 0.320 e. The van der Waals surface area contributed by atoms with E-state index in [0.29, 0.717) is 25.9 Å². The molecule has 0 atom stereocenters. The highest BCUT2D eigenvalue weighted by Gasteiger charge is 2.22. The number of urea groups is 1. The Balaban J connectivity index is 1.40. The molecule has 0 radical (unpaired) electrons. The molecule has 1 heterocycles. The fourth-order valence-electron chi connectivity index (χ4n) is 3.59. The topological polar surface area (TPSA) is 66.5 Å². The number of halogens is 1. The van der Waals surface area contributed by atoms with E-state index >= 15 is 0 Å². The highest BCUT2D eigenvalue weighted by atomic mass is 32.2. The number of amides is 2. The molecule has 0 aliphatic carbocycles. The van der Waals surface area contributed by atoms with Gasteiger partial charge < -0.3 is 10.2 Å². The highest BCUT2D eigenvalue weighted by Crippen LogP contribution is 2.24. The van der Waals surface area contributed by atoms with Gasteiger partial charge in [-0.05, 0) is 65.6 Å². The molecule has 168 valence electrons. The molecular formula is C26H23FN2O3S. The number of rotatable bonds is 5. The van der Waals surface area contributed by atoms with Crippen LogP contribution < -0.4 is 5.32 Å². The van der Waals surface area contributed by atoms with Gasteiger partial charge in [0, 0.05) is 37.0 Å². The second-order valence-corrected chi connectivity index (χ2v) is 10.0. The fraction of sp³-hybridized carbons (Fsp3) is 0.192. The molecule has 7 heteroatoms. The standard InChI is InChI=1S/C26H23FN2O3S/c1-33(31,32)24-12-7-20(8-13-24)15-16-29-18-22-17-21(9-14-25(22)28-26(29)30)4-2-3-19-5-10-23(27)11-6-19/h5-14,17H,3,15-16,18H2,1H3,(H,28,30). The summed E-state index contributed by atoms with van der Waals surface area (Å²) in [7, 11) is -3.23. The number of anilines is 1. The van der Waals surface area contributed by atoms with Crippen molar-refractivity contribution in [2.24, 2.45) is 0 Å². The Morgan fingerprint density at radius 3 is 2.39 bits per heavy atom. The summed E-state index contributed by atoms with van der Waals surface area (Å²) in [6.45, 7) is 0.972. The van der Waals surface area contributed by atoms with E-state index < -0.39 is 9.84 Å². The lowest BCUT2D eigenvalue weighted by Crippen LogP contribution is -2.39. The largest absolute Gasteiger partial charge is 0.322 e. The predicted octanol–water partition coefficient (Wildman–Crippen LogP) is 4.41. The first kappa shape index (κ1) is 22.6. The van der Waals surface area contributed by atoms with Crippen LogP contribution in [-0.4, -0.2) is 32.1 Å². The monoisotopic (exact) mass is 462 g/mol. The molecule has 5 nitrogen and oxygen atoms in total. The summed E-state index contributed by atoms with van der Waals surface area (Å²) in [6.07, 6.45) is 2.32. The maximum Gasteiger partial charge on any atom is 0.322 e. The number of carbonyl (C=O) groups excluding carboxylic acids is 1. The summed E-state index contributed by atoms with van der Waals surface area (Å²) in [4.78, 5) is 14.5. The normalized spacial score (nSPS) is 13.0. The van der Waals surface area contributed by atoms with Gasteiger partial charge in [-0.15, -0.1) is 0 Å². The maximum absolute atomic E-state index is 13.0. The number of benzene rings is 3. The van der Waals surface area contributed by atoms with Crippen molar-refractivity contribution in [3.05, 3.63) is 94.8 Å². The molecule has 0 saturated heterocycles. The van der Waals surface area contributed by atoms with Crippen LogP contribution in [0.5, 0.6) is 0 Å². The van der Waals surface area contributed by atoms with Gasteiger partial charge in [-0.25, -0.2) is 17.6 Å². The van der Waals surface area contributed by atoms with E-state index in [1.54, 1.807) is 41.3 Å². The minimum Gasteiger partial charge on any atom is -0.320 e. The average molecular weight is 463 g/mol. The first-order chi connectivity index (χ1) is 15.8. The summed E-state index contributed by atoms with van der Waals surface area (Å²) < 4.78 is 36.2. The van der Waals surface area contributed by atoms with Crippen LogP contribution in [0.15, 0.2) is 71.6 Å². The first-order valence-electron chi connectivity index (χ1n) is 10.5. The Bertz CT molecular complexity index is 1340. The third-order valence-corrected chi connectivity index (χ3v) is 6.58. The van der Waals surface area contributed by atoms with Crippen molar-refractivity contribution >= 4 is 21.6 Å². The van der Waals surface area contributed by atoms with Gasteiger partial charge in [0.25, 0.3) is 0 Å². The molecular weight excluding hydrogens is 439 g/mol. The molecule has 2 amide bonds. The Morgan fingerprint density at radius 1 is 1.00 bits per heavy atom. The van der Waals surface area contributed by atoms with E-state index in [4.69, 9.17) is 0 Å². The molecule has 0 bridgehead atoms. The number of nitrogens with zero attached hydrogens (tertiary/aromatic N) is 1. The van der Waals surface area contributed by atoms with Crippen molar-refractivity contribution in [2.45, 2.75) is 24.3 Å². The van der Waals surface area contributed by atoms with Gasteiger partial charge in [0.1, 0.15) is 5.82 Å². The van der Waals surface area contributed by atoms with Crippen LogP contribution in [0.4, 0.5) is 14.9 Å². The molecule has 4 rings (SSSR count). The van der Waals surface area contributed by atoms with E-state index in [1.807, 2.05) is 18.2 Å². The molecule has 0 unspecified atom stereocenters. The van der Waals surface area contributed by atoms with Crippen molar-refractivity contribution in [3.8, 4) is 11.8 Å². The van der Waals surface area contributed by atoms with Crippen LogP contribution in [0.2, 0.25) is 0 Å². The molecule has 1 aliphatic rings. The van der Waals surface area contributed by atoms with Crippen LogP contribution in [-0.2, 0) is 29.2 Å². The average Bonchev–Trinajstić information content (AvgIpc) is 2.79. The van der Waals surface area contributed by atoms with Gasteiger partial charge in [0.05, 0.1) is 4.90 Å². The van der Waals surface area contributed by atoms with Crippen LogP contribution >= 0.6 is 0 Å². The van der Waals surface area contributed by atoms with Crippen molar-refractivity contribution in [3.63, 3.8) is 0 Å². The number of nitrogens with one attached hydrogen (secondary N) is 1. The van der Waals surface area contributed by atoms with E-state index in [9.17, 15) is 17.6 Å². The van der Waals surface area contributed by atoms with Crippen molar-refractivity contribution in [1.82, 2.24) is 4.90 Å². The zero-order valence-corrected chi connectivity index (χ0v) is 19.0. The Labute approximate surface area is 193 Å². The quantitative estimate of drug-likeness (QED) is 0.571. The lowest BCUT2D eigenvalue weighted by atomic mass is 10.1. The molecule has 0 spiro atoms. The molecule has 1 aliphatic heterocycles. The molecule has 0 saturated carbocycles. The summed E-state index contributed by atoms with van der Waals surface area (Å²) in [5.74, 6) is 5.98. The lowest BCUT2D eigenvalue weighted by molar-refractivity contribution is 0.207. The molecule has 3 aromatic carbocycles. The van der Waals surface area contributed by atoms with Crippen LogP contribution in [0.25, 0.3) is 0 Å². The Kier molecular flexibility index (Phi) is 6.47. The molecule has 3 aromatic rings. The lowest BCUT2D eigenvalue weighted by Gasteiger charge is -2.29. The van der Waals surface area contributed by atoms with Crippen LogP contribution in [0, 0.1) is 17.7 Å². The van der Waals surface area contributed by atoms with Gasteiger partial charge >= 0.3 is 6.03 Å². The van der Waals surface area contributed by atoms with E-state index in [2.05, 4.69) is 17.2 Å². The molecule has 0 fully saturated rings. The number of sulfone groups is 1. The van der Waals surface area contributed by atoms with Crippen molar-refractivity contribution in [2.75, 3.05) is 18.1 Å². The second kappa shape index (κ2) is 9.47. The van der Waals surface area contributed by atoms with E-state index in [-0.39, 0.29) is 16.7 Å². The summed E-state index contributed by atoms with van der Waals surface area (Å²) in [5.41, 5.74) is 4.52. The third kappa shape index (κ3) is 5.79. The van der Waals surface area contributed by atoms with E-state index in [0.717, 1.165) is 27.9 Å².